The maximum absolute atomic E-state index is 12.8. The Hall–Kier alpha value is -3.38. The van der Waals surface area contributed by atoms with Crippen molar-refractivity contribution >= 4 is 23.4 Å². The fourth-order valence-electron chi connectivity index (χ4n) is 4.96. The molecule has 1 aliphatic carbocycles. The number of nitrogens with zero attached hydrogens (tertiary/aromatic N) is 3. The molecule has 1 amide bonds. The highest BCUT2D eigenvalue weighted by molar-refractivity contribution is 7.99. The number of amides is 1. The molecule has 6 heteroatoms. The van der Waals surface area contributed by atoms with Crippen LogP contribution in [0.15, 0.2) is 84.0 Å². The van der Waals surface area contributed by atoms with Crippen molar-refractivity contribution in [1.82, 2.24) is 14.8 Å². The molecule has 0 atom stereocenters. The van der Waals surface area contributed by atoms with Gasteiger partial charge in [0.05, 0.1) is 5.75 Å². The maximum atomic E-state index is 12.8. The van der Waals surface area contributed by atoms with Crippen LogP contribution in [0.5, 0.6) is 0 Å². The van der Waals surface area contributed by atoms with Gasteiger partial charge < -0.3 is 5.32 Å². The second-order valence-corrected chi connectivity index (χ2v) is 11.0. The number of rotatable bonds is 8. The first kappa shape index (κ1) is 25.3. The molecule has 0 unspecified atom stereocenters. The van der Waals surface area contributed by atoms with Crippen LogP contribution in [0.4, 0.5) is 5.69 Å². The van der Waals surface area contributed by atoms with Crippen molar-refractivity contribution in [2.45, 2.75) is 63.1 Å². The van der Waals surface area contributed by atoms with Crippen LogP contribution in [-0.2, 0) is 4.79 Å². The average Bonchev–Trinajstić information content (AvgIpc) is 3.37. The predicted molar refractivity (Wildman–Crippen MR) is 153 cm³/mol. The molecule has 0 saturated heterocycles. The highest BCUT2D eigenvalue weighted by Crippen LogP contribution is 2.36. The fourth-order valence-corrected chi connectivity index (χ4v) is 5.77. The van der Waals surface area contributed by atoms with Gasteiger partial charge in [-0.15, -0.1) is 10.2 Å². The molecule has 0 radical (unpaired) electrons. The molecule has 1 N–H and O–H groups in total. The molecule has 1 saturated carbocycles. The molecule has 1 aromatic heterocycles. The third-order valence-corrected chi connectivity index (χ3v) is 7.99. The zero-order valence-corrected chi connectivity index (χ0v) is 22.4. The Morgan fingerprint density at radius 1 is 0.865 bits per heavy atom. The smallest absolute Gasteiger partial charge is 0.234 e. The minimum absolute atomic E-state index is 0.0331. The number of nitrogens with one attached hydrogen (secondary N) is 1. The number of aromatic nitrogens is 3. The Morgan fingerprint density at radius 2 is 1.51 bits per heavy atom. The van der Waals surface area contributed by atoms with E-state index in [-0.39, 0.29) is 5.91 Å². The van der Waals surface area contributed by atoms with Gasteiger partial charge in [0.2, 0.25) is 5.91 Å². The van der Waals surface area contributed by atoms with Crippen molar-refractivity contribution in [2.75, 3.05) is 11.1 Å². The van der Waals surface area contributed by atoms with Gasteiger partial charge in [0.1, 0.15) is 0 Å². The predicted octanol–water partition coefficient (Wildman–Crippen LogP) is 7.97. The van der Waals surface area contributed by atoms with E-state index < -0.39 is 0 Å². The zero-order valence-electron chi connectivity index (χ0n) is 21.6. The molecule has 190 valence electrons. The second-order valence-electron chi connectivity index (χ2n) is 10.0. The number of anilines is 1. The van der Waals surface area contributed by atoms with Gasteiger partial charge in [-0.05, 0) is 47.6 Å². The summed E-state index contributed by atoms with van der Waals surface area (Å²) in [6.07, 6.45) is 5.95. The molecule has 5 nitrogen and oxygen atoms in total. The van der Waals surface area contributed by atoms with Gasteiger partial charge in [0, 0.05) is 17.3 Å². The van der Waals surface area contributed by atoms with Gasteiger partial charge in [-0.3, -0.25) is 9.36 Å². The minimum Gasteiger partial charge on any atom is -0.325 e. The summed E-state index contributed by atoms with van der Waals surface area (Å²) >= 11 is 1.47. The van der Waals surface area contributed by atoms with E-state index in [4.69, 9.17) is 0 Å². The Labute approximate surface area is 223 Å². The molecule has 0 aliphatic heterocycles. The molecule has 0 spiro atoms. The molecule has 3 aromatic carbocycles. The zero-order chi connectivity index (χ0) is 25.6. The molecule has 5 rings (SSSR count). The lowest BCUT2D eigenvalue weighted by atomic mass is 9.95. The van der Waals surface area contributed by atoms with Crippen molar-refractivity contribution in [3.05, 3.63) is 84.4 Å². The van der Waals surface area contributed by atoms with Gasteiger partial charge in [0.15, 0.2) is 11.0 Å². The van der Waals surface area contributed by atoms with Crippen molar-refractivity contribution in [3.63, 3.8) is 0 Å². The van der Waals surface area contributed by atoms with E-state index in [9.17, 15) is 4.79 Å². The lowest BCUT2D eigenvalue weighted by molar-refractivity contribution is -0.113. The number of thioether (sulfide) groups is 1. The van der Waals surface area contributed by atoms with E-state index in [1.54, 1.807) is 0 Å². The summed E-state index contributed by atoms with van der Waals surface area (Å²) in [6.45, 7) is 4.33. The number of benzene rings is 3. The highest BCUT2D eigenvalue weighted by atomic mass is 32.2. The maximum Gasteiger partial charge on any atom is 0.234 e. The van der Waals surface area contributed by atoms with E-state index in [1.165, 1.54) is 47.7 Å². The second kappa shape index (κ2) is 11.8. The van der Waals surface area contributed by atoms with E-state index >= 15 is 0 Å². The van der Waals surface area contributed by atoms with E-state index in [2.05, 4.69) is 94.6 Å². The number of hydrogen-bond acceptors (Lipinski definition) is 4. The standard InChI is InChI=1S/C31H34N4OS/c1-22(2)23-17-19-27(20-18-23)32-29(36)21-37-31-34-33-30(35(31)28-11-7-4-8-12-28)26-15-13-25(14-16-26)24-9-5-3-6-10-24/h3,5-6,9-10,13-20,22,28H,4,7-8,11-12,21H2,1-2H3,(H,32,36). The molecule has 1 fully saturated rings. The van der Waals surface area contributed by atoms with E-state index in [0.29, 0.717) is 17.7 Å². The molecule has 1 heterocycles. The SMILES string of the molecule is CC(C)c1ccc(NC(=O)CSc2nnc(-c3ccc(-c4ccccc4)cc3)n2C2CCCCC2)cc1. The monoisotopic (exact) mass is 510 g/mol. The lowest BCUT2D eigenvalue weighted by Crippen LogP contribution is -2.17. The summed E-state index contributed by atoms with van der Waals surface area (Å²) in [5, 5.41) is 13.0. The number of hydrogen-bond donors (Lipinski definition) is 1. The van der Waals surface area contributed by atoms with Gasteiger partial charge in [-0.25, -0.2) is 0 Å². The Morgan fingerprint density at radius 3 is 2.19 bits per heavy atom. The highest BCUT2D eigenvalue weighted by Gasteiger charge is 2.24. The molecular formula is C31H34N4OS. The topological polar surface area (TPSA) is 59.8 Å². The summed E-state index contributed by atoms with van der Waals surface area (Å²) in [7, 11) is 0. The molecule has 4 aromatic rings. The third kappa shape index (κ3) is 6.13. The number of carbonyl (C=O) groups is 1. The minimum atomic E-state index is -0.0331. The van der Waals surface area contributed by atoms with Crippen LogP contribution in [0.25, 0.3) is 22.5 Å². The van der Waals surface area contributed by atoms with Crippen molar-refractivity contribution in [1.29, 1.82) is 0 Å². The van der Waals surface area contributed by atoms with Crippen LogP contribution in [0.3, 0.4) is 0 Å². The van der Waals surface area contributed by atoms with Crippen molar-refractivity contribution in [3.8, 4) is 22.5 Å². The Balaban J connectivity index is 1.33. The van der Waals surface area contributed by atoms with Gasteiger partial charge >= 0.3 is 0 Å². The normalized spacial score (nSPS) is 14.1. The van der Waals surface area contributed by atoms with Gasteiger partial charge in [-0.2, -0.15) is 0 Å². The third-order valence-electron chi connectivity index (χ3n) is 7.05. The van der Waals surface area contributed by atoms with Crippen molar-refractivity contribution < 1.29 is 4.79 Å². The lowest BCUT2D eigenvalue weighted by Gasteiger charge is -2.25. The quantitative estimate of drug-likeness (QED) is 0.244. The van der Waals surface area contributed by atoms with Crippen LogP contribution < -0.4 is 5.32 Å². The first-order chi connectivity index (χ1) is 18.1. The summed E-state index contributed by atoms with van der Waals surface area (Å²) in [4.78, 5) is 12.8. The average molecular weight is 511 g/mol. The van der Waals surface area contributed by atoms with Crippen LogP contribution in [0, 0.1) is 0 Å². The fraction of sp³-hybridized carbons (Fsp3) is 0.323. The van der Waals surface area contributed by atoms with Crippen LogP contribution in [-0.4, -0.2) is 26.4 Å². The van der Waals surface area contributed by atoms with Crippen LogP contribution in [0.2, 0.25) is 0 Å². The summed E-state index contributed by atoms with van der Waals surface area (Å²) in [6, 6.07) is 27.4. The van der Waals surface area contributed by atoms with Crippen LogP contribution >= 0.6 is 11.8 Å². The number of carbonyl (C=O) groups excluding carboxylic acids is 1. The summed E-state index contributed by atoms with van der Waals surface area (Å²) in [5.74, 6) is 1.62. The molecule has 1 aliphatic rings. The van der Waals surface area contributed by atoms with E-state index in [0.717, 1.165) is 35.1 Å². The summed E-state index contributed by atoms with van der Waals surface area (Å²) < 4.78 is 2.28. The van der Waals surface area contributed by atoms with E-state index in [1.807, 2.05) is 18.2 Å². The molecular weight excluding hydrogens is 476 g/mol. The Kier molecular flexibility index (Phi) is 8.05. The van der Waals surface area contributed by atoms with Gasteiger partial charge in [0.25, 0.3) is 0 Å². The summed E-state index contributed by atoms with van der Waals surface area (Å²) in [5.41, 5.74) is 5.52. The van der Waals surface area contributed by atoms with Gasteiger partial charge in [-0.1, -0.05) is 112 Å². The first-order valence-corrected chi connectivity index (χ1v) is 14.2. The largest absolute Gasteiger partial charge is 0.325 e. The Bertz CT molecular complexity index is 1310. The first-order valence-electron chi connectivity index (χ1n) is 13.2. The van der Waals surface area contributed by atoms with Crippen molar-refractivity contribution in [2.24, 2.45) is 0 Å². The van der Waals surface area contributed by atoms with Crippen LogP contribution in [0.1, 0.15) is 63.5 Å². The molecule has 37 heavy (non-hydrogen) atoms. The molecule has 0 bridgehead atoms.